The molecule has 7 heteroatoms. The second kappa shape index (κ2) is 4.44. The number of imide groups is 1. The van der Waals surface area contributed by atoms with Crippen LogP contribution in [0.2, 0.25) is 0 Å². The van der Waals surface area contributed by atoms with E-state index in [2.05, 4.69) is 10.4 Å². The highest BCUT2D eigenvalue weighted by Crippen LogP contribution is 2.29. The van der Waals surface area contributed by atoms with E-state index in [0.717, 1.165) is 6.29 Å². The predicted molar refractivity (Wildman–Crippen MR) is 71.6 cm³/mol. The van der Waals surface area contributed by atoms with Gasteiger partial charge in [-0.05, 0) is 12.1 Å². The molecule has 0 radical (unpaired) electrons. The lowest BCUT2D eigenvalue weighted by Crippen LogP contribution is -2.49. The van der Waals surface area contributed by atoms with Gasteiger partial charge in [-0.3, -0.25) is 24.5 Å². The summed E-state index contributed by atoms with van der Waals surface area (Å²) in [5.41, 5.74) is 1.85. The fourth-order valence-corrected chi connectivity index (χ4v) is 2.40. The summed E-state index contributed by atoms with van der Waals surface area (Å²) >= 11 is 0. The zero-order valence-corrected chi connectivity index (χ0v) is 10.8. The smallest absolute Gasteiger partial charge is 0.298 e. The molecule has 2 heterocycles. The van der Waals surface area contributed by atoms with Crippen LogP contribution in [0.4, 0.5) is 10.5 Å². The molecule has 1 aliphatic heterocycles. The Bertz CT molecular complexity index is 735. The summed E-state index contributed by atoms with van der Waals surface area (Å²) in [4.78, 5) is 35.7. The minimum Gasteiger partial charge on any atom is -0.298 e. The van der Waals surface area contributed by atoms with Gasteiger partial charge in [0, 0.05) is 31.0 Å². The Hall–Kier alpha value is -2.70. The van der Waals surface area contributed by atoms with Gasteiger partial charge < -0.3 is 0 Å². The van der Waals surface area contributed by atoms with E-state index in [4.69, 9.17) is 0 Å². The summed E-state index contributed by atoms with van der Waals surface area (Å²) in [6, 6.07) is 2.89. The highest BCUT2D eigenvalue weighted by molar-refractivity contribution is 6.11. The highest BCUT2D eigenvalue weighted by Gasteiger charge is 2.26. The summed E-state index contributed by atoms with van der Waals surface area (Å²) < 4.78 is 1.61. The number of aryl methyl sites for hydroxylation is 1. The van der Waals surface area contributed by atoms with Crippen LogP contribution in [0.25, 0.3) is 10.9 Å². The number of hydrogen-bond acceptors (Lipinski definition) is 4. The van der Waals surface area contributed by atoms with Crippen molar-refractivity contribution in [3.05, 3.63) is 23.9 Å². The first-order valence-corrected chi connectivity index (χ1v) is 6.13. The number of amides is 3. The number of carbonyl (C=O) groups excluding carboxylic acids is 3. The number of aldehydes is 1. The third kappa shape index (κ3) is 1.75. The van der Waals surface area contributed by atoms with Crippen LogP contribution in [-0.4, -0.2) is 34.5 Å². The Balaban J connectivity index is 2.17. The largest absolute Gasteiger partial charge is 0.328 e. The number of hydrogen-bond donors (Lipinski definition) is 1. The van der Waals surface area contributed by atoms with E-state index in [1.165, 1.54) is 4.90 Å². The lowest BCUT2D eigenvalue weighted by molar-refractivity contribution is -0.120. The van der Waals surface area contributed by atoms with E-state index in [1.54, 1.807) is 30.1 Å². The number of anilines is 1. The van der Waals surface area contributed by atoms with Crippen LogP contribution in [0, 0.1) is 0 Å². The first-order chi connectivity index (χ1) is 9.61. The van der Waals surface area contributed by atoms with E-state index >= 15 is 0 Å². The summed E-state index contributed by atoms with van der Waals surface area (Å²) in [7, 11) is 1.74. The number of nitrogens with zero attached hydrogens (tertiary/aromatic N) is 3. The molecule has 3 amide bonds. The maximum Gasteiger partial charge on any atom is 0.328 e. The number of rotatable bonds is 2. The molecular weight excluding hydrogens is 260 g/mol. The minimum atomic E-state index is -0.456. The van der Waals surface area contributed by atoms with E-state index < -0.39 is 6.03 Å². The Morgan fingerprint density at radius 1 is 1.35 bits per heavy atom. The standard InChI is InChI=1S/C13H12N4O3/c1-16-12-9(6-14-16)8(7-18)2-3-10(12)17-5-4-11(19)15-13(17)20/h2-3,6-7H,4-5H2,1H3,(H,15,19,20). The molecule has 20 heavy (non-hydrogen) atoms. The van der Waals surface area contributed by atoms with Crippen molar-refractivity contribution in [2.75, 3.05) is 11.4 Å². The van der Waals surface area contributed by atoms with Crippen LogP contribution in [0.1, 0.15) is 16.8 Å². The van der Waals surface area contributed by atoms with Crippen LogP contribution >= 0.6 is 0 Å². The maximum absolute atomic E-state index is 11.9. The third-order valence-corrected chi connectivity index (χ3v) is 3.38. The van der Waals surface area contributed by atoms with Gasteiger partial charge in [0.1, 0.15) is 0 Å². The summed E-state index contributed by atoms with van der Waals surface area (Å²) in [6.45, 7) is 0.311. The monoisotopic (exact) mass is 272 g/mol. The number of aromatic nitrogens is 2. The first-order valence-electron chi connectivity index (χ1n) is 6.13. The van der Waals surface area contributed by atoms with Crippen molar-refractivity contribution < 1.29 is 14.4 Å². The molecule has 0 aliphatic carbocycles. The third-order valence-electron chi connectivity index (χ3n) is 3.38. The van der Waals surface area contributed by atoms with Crippen molar-refractivity contribution >= 4 is 34.8 Å². The number of urea groups is 1. The topological polar surface area (TPSA) is 84.3 Å². The van der Waals surface area contributed by atoms with Crippen molar-refractivity contribution in [3.63, 3.8) is 0 Å². The number of carbonyl (C=O) groups is 3. The van der Waals surface area contributed by atoms with Gasteiger partial charge in [0.25, 0.3) is 0 Å². The van der Waals surface area contributed by atoms with Gasteiger partial charge in [0.05, 0.1) is 17.4 Å². The molecule has 0 bridgehead atoms. The summed E-state index contributed by atoms with van der Waals surface area (Å²) in [5, 5.41) is 7.10. The molecule has 1 N–H and O–H groups in total. The first kappa shape index (κ1) is 12.3. The van der Waals surface area contributed by atoms with Gasteiger partial charge in [-0.15, -0.1) is 0 Å². The lowest BCUT2D eigenvalue weighted by atomic mass is 10.1. The second-order valence-electron chi connectivity index (χ2n) is 4.58. The Morgan fingerprint density at radius 2 is 2.15 bits per heavy atom. The molecule has 0 spiro atoms. The average molecular weight is 272 g/mol. The molecule has 0 saturated carbocycles. The van der Waals surface area contributed by atoms with Gasteiger partial charge in [-0.1, -0.05) is 0 Å². The Labute approximate surface area is 114 Å². The van der Waals surface area contributed by atoms with E-state index in [-0.39, 0.29) is 12.3 Å². The zero-order valence-electron chi connectivity index (χ0n) is 10.8. The van der Waals surface area contributed by atoms with Gasteiger partial charge in [-0.2, -0.15) is 5.10 Å². The SMILES string of the molecule is Cn1ncc2c(C=O)ccc(N3CCC(=O)NC3=O)c21. The summed E-state index contributed by atoms with van der Waals surface area (Å²) in [6.07, 6.45) is 2.60. The molecule has 1 aromatic heterocycles. The molecular formula is C13H12N4O3. The van der Waals surface area contributed by atoms with Crippen molar-refractivity contribution in [2.24, 2.45) is 7.05 Å². The van der Waals surface area contributed by atoms with Gasteiger partial charge in [0.2, 0.25) is 5.91 Å². The van der Waals surface area contributed by atoms with Gasteiger partial charge in [0.15, 0.2) is 6.29 Å². The molecule has 7 nitrogen and oxygen atoms in total. The van der Waals surface area contributed by atoms with Crippen LogP contribution in [0.5, 0.6) is 0 Å². The van der Waals surface area contributed by atoms with Crippen molar-refractivity contribution in [1.82, 2.24) is 15.1 Å². The van der Waals surface area contributed by atoms with E-state index in [1.807, 2.05) is 0 Å². The highest BCUT2D eigenvalue weighted by atomic mass is 16.2. The van der Waals surface area contributed by atoms with Crippen molar-refractivity contribution in [3.8, 4) is 0 Å². The molecule has 1 fully saturated rings. The molecule has 1 aromatic carbocycles. The van der Waals surface area contributed by atoms with Gasteiger partial charge >= 0.3 is 6.03 Å². The maximum atomic E-state index is 11.9. The van der Waals surface area contributed by atoms with Crippen LogP contribution in [-0.2, 0) is 11.8 Å². The van der Waals surface area contributed by atoms with Crippen molar-refractivity contribution in [1.29, 1.82) is 0 Å². The lowest BCUT2D eigenvalue weighted by Gasteiger charge is -2.27. The molecule has 1 saturated heterocycles. The Morgan fingerprint density at radius 3 is 2.85 bits per heavy atom. The number of nitrogens with one attached hydrogen (secondary N) is 1. The van der Waals surface area contributed by atoms with Crippen LogP contribution in [0.15, 0.2) is 18.3 Å². The minimum absolute atomic E-state index is 0.251. The summed E-state index contributed by atoms with van der Waals surface area (Å²) in [5.74, 6) is -0.281. The Kier molecular flexibility index (Phi) is 2.74. The van der Waals surface area contributed by atoms with Crippen LogP contribution < -0.4 is 10.2 Å². The van der Waals surface area contributed by atoms with Crippen LogP contribution in [0.3, 0.4) is 0 Å². The molecule has 2 aromatic rings. The quantitative estimate of drug-likeness (QED) is 0.821. The molecule has 3 rings (SSSR count). The number of fused-ring (bicyclic) bond motifs is 1. The average Bonchev–Trinajstić information content (AvgIpc) is 2.81. The second-order valence-corrected chi connectivity index (χ2v) is 4.58. The fraction of sp³-hybridized carbons (Fsp3) is 0.231. The normalized spacial score (nSPS) is 15.6. The molecule has 102 valence electrons. The molecule has 1 aliphatic rings. The van der Waals surface area contributed by atoms with E-state index in [9.17, 15) is 14.4 Å². The fourth-order valence-electron chi connectivity index (χ4n) is 2.40. The van der Waals surface area contributed by atoms with E-state index in [0.29, 0.717) is 28.7 Å². The molecule has 0 unspecified atom stereocenters. The number of benzene rings is 1. The zero-order chi connectivity index (χ0) is 14.3. The molecule has 0 atom stereocenters. The van der Waals surface area contributed by atoms with Crippen molar-refractivity contribution in [2.45, 2.75) is 6.42 Å². The predicted octanol–water partition coefficient (Wildman–Crippen LogP) is 0.832. The van der Waals surface area contributed by atoms with Gasteiger partial charge in [-0.25, -0.2) is 4.79 Å².